The van der Waals surface area contributed by atoms with Crippen molar-refractivity contribution in [2.75, 3.05) is 4.90 Å². The number of anilines is 3. The van der Waals surface area contributed by atoms with Gasteiger partial charge in [-0.2, -0.15) is 0 Å². The molecule has 4 saturated carbocycles. The number of benzene rings is 8. The van der Waals surface area contributed by atoms with E-state index in [1.807, 2.05) is 11.3 Å². The van der Waals surface area contributed by atoms with Crippen LogP contribution in [0.3, 0.4) is 0 Å². The van der Waals surface area contributed by atoms with Gasteiger partial charge in [0.05, 0.1) is 0 Å². The molecule has 61 heavy (non-hydrogen) atoms. The predicted molar refractivity (Wildman–Crippen MR) is 258 cm³/mol. The Bertz CT molecular complexity index is 3120. The van der Waals surface area contributed by atoms with Gasteiger partial charge >= 0.3 is 0 Å². The Hall–Kier alpha value is -6.22. The van der Waals surface area contributed by atoms with Crippen LogP contribution in [0.4, 0.5) is 17.1 Å². The van der Waals surface area contributed by atoms with Crippen LogP contribution < -0.4 is 4.90 Å². The molecule has 1 heterocycles. The van der Waals surface area contributed by atoms with E-state index in [0.29, 0.717) is 0 Å². The lowest BCUT2D eigenvalue weighted by molar-refractivity contribution is -0.0817. The molecule has 14 rings (SSSR count). The summed E-state index contributed by atoms with van der Waals surface area (Å²) < 4.78 is 2.63. The van der Waals surface area contributed by atoms with Crippen LogP contribution in [0, 0.1) is 29.6 Å². The lowest BCUT2D eigenvalue weighted by Gasteiger charge is -2.63. The Labute approximate surface area is 363 Å². The van der Waals surface area contributed by atoms with Gasteiger partial charge in [0, 0.05) is 42.6 Å². The smallest absolute Gasteiger partial charge is 0.0476 e. The minimum Gasteiger partial charge on any atom is -0.310 e. The predicted octanol–water partition coefficient (Wildman–Crippen LogP) is 16.5. The third-order valence-corrected chi connectivity index (χ3v) is 16.8. The molecule has 0 N–H and O–H groups in total. The van der Waals surface area contributed by atoms with Crippen LogP contribution in [-0.2, 0) is 5.41 Å². The average molecular weight is 802 g/mol. The Balaban J connectivity index is 0.853. The van der Waals surface area contributed by atoms with E-state index in [4.69, 9.17) is 0 Å². The molecular weight excluding hydrogens is 755 g/mol. The Morgan fingerprint density at radius 2 is 1.05 bits per heavy atom. The number of rotatable bonds is 6. The highest BCUT2D eigenvalue weighted by Crippen LogP contribution is 2.71. The zero-order valence-corrected chi connectivity index (χ0v) is 35.3. The van der Waals surface area contributed by atoms with Crippen molar-refractivity contribution in [1.82, 2.24) is 0 Å². The first-order valence-corrected chi connectivity index (χ1v) is 23.2. The van der Waals surface area contributed by atoms with Gasteiger partial charge in [0.25, 0.3) is 0 Å². The van der Waals surface area contributed by atoms with Crippen molar-refractivity contribution in [2.45, 2.75) is 38.0 Å². The highest BCUT2D eigenvalue weighted by molar-refractivity contribution is 7.25. The van der Waals surface area contributed by atoms with Gasteiger partial charge in [0.2, 0.25) is 0 Å². The van der Waals surface area contributed by atoms with E-state index in [9.17, 15) is 0 Å². The van der Waals surface area contributed by atoms with Crippen LogP contribution in [0.25, 0.3) is 64.7 Å². The van der Waals surface area contributed by atoms with Gasteiger partial charge in [-0.1, -0.05) is 153 Å². The summed E-state index contributed by atoms with van der Waals surface area (Å²) in [6, 6.07) is 70.7. The SMILES string of the molecule is C[C@H]1C2CC3CC(C2)C2(c4ccccc4-c4c(-c5ccc(-c6ccc(N(c7ccc(-c8ccccc8)cc7)c7ccc8c(c7)sc7ccccc78)cc6)cc5)cccc42)C1C3. The summed E-state index contributed by atoms with van der Waals surface area (Å²) in [5.41, 5.74) is 17.4. The zero-order valence-electron chi connectivity index (χ0n) is 34.5. The van der Waals surface area contributed by atoms with Crippen molar-refractivity contribution in [3.8, 4) is 44.5 Å². The van der Waals surface area contributed by atoms with Gasteiger partial charge in [0.15, 0.2) is 0 Å². The molecule has 5 unspecified atom stereocenters. The third kappa shape index (κ3) is 5.31. The second-order valence-corrected chi connectivity index (χ2v) is 19.6. The van der Waals surface area contributed by atoms with Crippen molar-refractivity contribution in [2.24, 2.45) is 29.6 Å². The molecule has 4 fully saturated rings. The van der Waals surface area contributed by atoms with E-state index < -0.39 is 0 Å². The molecule has 1 nitrogen and oxygen atoms in total. The van der Waals surface area contributed by atoms with Crippen LogP contribution in [0.15, 0.2) is 188 Å². The first-order valence-electron chi connectivity index (χ1n) is 22.4. The molecule has 5 aliphatic carbocycles. The third-order valence-electron chi connectivity index (χ3n) is 15.7. The van der Waals surface area contributed by atoms with Crippen molar-refractivity contribution in [3.63, 3.8) is 0 Å². The summed E-state index contributed by atoms with van der Waals surface area (Å²) in [6.07, 6.45) is 5.68. The summed E-state index contributed by atoms with van der Waals surface area (Å²) in [5, 5.41) is 2.64. The van der Waals surface area contributed by atoms with Crippen LogP contribution in [-0.4, -0.2) is 0 Å². The van der Waals surface area contributed by atoms with Crippen molar-refractivity contribution >= 4 is 48.6 Å². The van der Waals surface area contributed by atoms with Crippen LogP contribution in [0.5, 0.6) is 0 Å². The molecule has 4 bridgehead atoms. The highest BCUT2D eigenvalue weighted by atomic mass is 32.1. The first kappa shape index (κ1) is 35.5. The molecule has 0 radical (unpaired) electrons. The van der Waals surface area contributed by atoms with Crippen molar-refractivity contribution in [3.05, 3.63) is 199 Å². The summed E-state index contributed by atoms with van der Waals surface area (Å²) in [7, 11) is 0. The van der Waals surface area contributed by atoms with E-state index in [0.717, 1.165) is 46.7 Å². The van der Waals surface area contributed by atoms with E-state index in [-0.39, 0.29) is 5.41 Å². The number of hydrogen-bond donors (Lipinski definition) is 0. The van der Waals surface area contributed by atoms with Crippen molar-refractivity contribution < 1.29 is 0 Å². The fourth-order valence-corrected chi connectivity index (χ4v) is 14.3. The van der Waals surface area contributed by atoms with Crippen LogP contribution in [0.1, 0.15) is 43.7 Å². The number of nitrogens with zero attached hydrogens (tertiary/aromatic N) is 1. The molecule has 8 aromatic carbocycles. The molecule has 0 amide bonds. The number of thiophene rings is 1. The van der Waals surface area contributed by atoms with E-state index in [1.165, 1.54) is 90.4 Å². The molecule has 0 aliphatic heterocycles. The molecule has 294 valence electrons. The quantitative estimate of drug-likeness (QED) is 0.162. The largest absolute Gasteiger partial charge is 0.310 e. The molecule has 6 atom stereocenters. The highest BCUT2D eigenvalue weighted by Gasteiger charge is 2.64. The van der Waals surface area contributed by atoms with Gasteiger partial charge in [-0.25, -0.2) is 0 Å². The summed E-state index contributed by atoms with van der Waals surface area (Å²) in [4.78, 5) is 2.40. The van der Waals surface area contributed by atoms with Gasteiger partial charge in [-0.3, -0.25) is 0 Å². The lowest BCUT2D eigenvalue weighted by atomic mass is 9.40. The fraction of sp³-hybridized carbons (Fsp3) is 0.186. The molecule has 0 saturated heterocycles. The monoisotopic (exact) mass is 801 g/mol. The summed E-state index contributed by atoms with van der Waals surface area (Å²) in [6.45, 7) is 2.59. The lowest BCUT2D eigenvalue weighted by Crippen LogP contribution is -2.58. The Morgan fingerprint density at radius 1 is 0.459 bits per heavy atom. The van der Waals surface area contributed by atoms with Crippen LogP contribution in [0.2, 0.25) is 0 Å². The minimum absolute atomic E-state index is 0.165. The van der Waals surface area contributed by atoms with E-state index >= 15 is 0 Å². The maximum absolute atomic E-state index is 2.59. The van der Waals surface area contributed by atoms with Crippen LogP contribution >= 0.6 is 11.3 Å². The minimum atomic E-state index is 0.165. The van der Waals surface area contributed by atoms with Gasteiger partial charge in [0.1, 0.15) is 0 Å². The Kier molecular flexibility index (Phi) is 7.95. The zero-order chi connectivity index (χ0) is 40.2. The Morgan fingerprint density at radius 3 is 1.82 bits per heavy atom. The first-order chi connectivity index (χ1) is 30.1. The van der Waals surface area contributed by atoms with Gasteiger partial charge in [-0.05, 0) is 153 Å². The summed E-state index contributed by atoms with van der Waals surface area (Å²) >= 11 is 1.87. The standard InChI is InChI=1S/C59H47NS/c1-37-44-32-38-33-45(35-44)59(55(37)34-38)53-15-7-5-13-52(53)58-49(14-9-16-54(58)59)43-20-18-40(19-21-43)42-24-28-47(29-25-42)60(46-26-22-41(23-27-46)39-10-3-2-4-11-39)48-30-31-51-50-12-6-8-17-56(50)61-57(51)36-48/h2-31,36-38,44-45,55H,32-35H2,1H3/t37-,38?,44?,45?,55?,59?/m0/s1. The topological polar surface area (TPSA) is 3.24 Å². The van der Waals surface area contributed by atoms with E-state index in [1.54, 1.807) is 11.1 Å². The maximum Gasteiger partial charge on any atom is 0.0476 e. The van der Waals surface area contributed by atoms with Crippen molar-refractivity contribution in [1.29, 1.82) is 0 Å². The molecule has 5 aliphatic rings. The molecule has 1 aromatic heterocycles. The summed E-state index contributed by atoms with van der Waals surface area (Å²) in [5.74, 6) is 4.15. The second-order valence-electron chi connectivity index (χ2n) is 18.5. The second kappa shape index (κ2) is 13.6. The average Bonchev–Trinajstić information content (AvgIpc) is 3.84. The number of fused-ring (bicyclic) bond motifs is 6. The van der Waals surface area contributed by atoms with Gasteiger partial charge in [-0.15, -0.1) is 11.3 Å². The fourth-order valence-electron chi connectivity index (χ4n) is 13.1. The van der Waals surface area contributed by atoms with Gasteiger partial charge < -0.3 is 4.90 Å². The molecule has 1 spiro atoms. The normalized spacial score (nSPS) is 23.1. The molecular formula is C59H47NS. The maximum atomic E-state index is 2.59. The van der Waals surface area contributed by atoms with E-state index in [2.05, 4.69) is 200 Å². The molecule has 9 aromatic rings. The molecule has 2 heteroatoms. The number of hydrogen-bond acceptors (Lipinski definition) is 2.